The van der Waals surface area contributed by atoms with E-state index < -0.39 is 0 Å². The Balaban J connectivity index is 2.01. The first-order chi connectivity index (χ1) is 4.40. The van der Waals surface area contributed by atoms with Crippen LogP contribution in [0.4, 0.5) is 0 Å². The van der Waals surface area contributed by atoms with Gasteiger partial charge in [-0.1, -0.05) is 0 Å². The highest BCUT2D eigenvalue weighted by Crippen LogP contribution is 2.45. The van der Waals surface area contributed by atoms with E-state index in [-0.39, 0.29) is 6.10 Å². The van der Waals surface area contributed by atoms with Gasteiger partial charge in [0, 0.05) is 0 Å². The molecule has 3 atom stereocenters. The second-order valence-corrected chi connectivity index (χ2v) is 3.32. The van der Waals surface area contributed by atoms with Crippen molar-refractivity contribution in [1.29, 1.82) is 0 Å². The van der Waals surface area contributed by atoms with E-state index >= 15 is 0 Å². The van der Waals surface area contributed by atoms with Gasteiger partial charge < -0.3 is 0 Å². The summed E-state index contributed by atoms with van der Waals surface area (Å²) in [5.41, 5.74) is 0. The molecule has 0 aromatic rings. The molecule has 0 radical (unpaired) electrons. The van der Waals surface area contributed by atoms with E-state index in [0.29, 0.717) is 5.92 Å². The van der Waals surface area contributed by atoms with Gasteiger partial charge >= 0.3 is 0 Å². The molecule has 2 fully saturated rings. The minimum absolute atomic E-state index is 0.184. The average molecular weight is 128 g/mol. The van der Waals surface area contributed by atoms with Gasteiger partial charge in [-0.3, -0.25) is 5.26 Å². The van der Waals surface area contributed by atoms with Gasteiger partial charge in [0.05, 0.1) is 6.10 Å². The van der Waals surface area contributed by atoms with Gasteiger partial charge in [0.1, 0.15) is 0 Å². The van der Waals surface area contributed by atoms with Crippen molar-refractivity contribution in [2.45, 2.75) is 31.8 Å². The second-order valence-electron chi connectivity index (χ2n) is 3.32. The second kappa shape index (κ2) is 1.96. The molecule has 2 saturated carbocycles. The zero-order valence-electron chi connectivity index (χ0n) is 5.42. The molecule has 2 aliphatic carbocycles. The van der Waals surface area contributed by atoms with E-state index in [1.165, 1.54) is 19.3 Å². The van der Waals surface area contributed by atoms with Gasteiger partial charge in [0.2, 0.25) is 0 Å². The van der Waals surface area contributed by atoms with Gasteiger partial charge in [0.25, 0.3) is 0 Å². The lowest BCUT2D eigenvalue weighted by atomic mass is 9.98. The first-order valence-electron chi connectivity index (χ1n) is 3.70. The molecule has 0 amide bonds. The van der Waals surface area contributed by atoms with Gasteiger partial charge in [-0.25, -0.2) is 4.89 Å². The molecule has 0 aliphatic heterocycles. The molecule has 1 N–H and O–H groups in total. The van der Waals surface area contributed by atoms with E-state index in [9.17, 15) is 0 Å². The molecule has 9 heavy (non-hydrogen) atoms. The van der Waals surface area contributed by atoms with Crippen LogP contribution in [0, 0.1) is 11.8 Å². The summed E-state index contributed by atoms with van der Waals surface area (Å²) in [6.45, 7) is 0. The van der Waals surface area contributed by atoms with Crippen molar-refractivity contribution in [3.05, 3.63) is 0 Å². The van der Waals surface area contributed by atoms with Crippen LogP contribution in [0.25, 0.3) is 0 Å². The predicted molar refractivity (Wildman–Crippen MR) is 32.9 cm³/mol. The molecule has 2 bridgehead atoms. The third-order valence-corrected chi connectivity index (χ3v) is 2.81. The number of hydrogen-bond donors (Lipinski definition) is 1. The van der Waals surface area contributed by atoms with Crippen LogP contribution < -0.4 is 0 Å². The standard InChI is InChI=1S/C7H12O2/c8-9-7-4-5-1-2-6(7)3-5/h5-8H,1-4H2/t5-,6+,7-/m1/s1. The van der Waals surface area contributed by atoms with Crippen molar-refractivity contribution >= 4 is 0 Å². The molecule has 2 heteroatoms. The zero-order valence-corrected chi connectivity index (χ0v) is 5.42. The van der Waals surface area contributed by atoms with Crippen molar-refractivity contribution in [3.8, 4) is 0 Å². The van der Waals surface area contributed by atoms with Gasteiger partial charge in [-0.05, 0) is 37.5 Å². The highest BCUT2D eigenvalue weighted by molar-refractivity contribution is 4.90. The molecule has 2 aliphatic rings. The molecule has 0 aromatic carbocycles. The summed E-state index contributed by atoms with van der Waals surface area (Å²) in [5.74, 6) is 1.55. The van der Waals surface area contributed by atoms with Crippen molar-refractivity contribution in [2.75, 3.05) is 0 Å². The van der Waals surface area contributed by atoms with Crippen molar-refractivity contribution < 1.29 is 10.1 Å². The normalized spacial score (nSPS) is 48.3. The molecule has 0 heterocycles. The summed E-state index contributed by atoms with van der Waals surface area (Å²) in [6, 6.07) is 0. The van der Waals surface area contributed by atoms with Crippen molar-refractivity contribution in [1.82, 2.24) is 0 Å². The lowest BCUT2D eigenvalue weighted by Gasteiger charge is -2.17. The molecular weight excluding hydrogens is 116 g/mol. The van der Waals surface area contributed by atoms with Crippen LogP contribution in [-0.2, 0) is 4.89 Å². The van der Waals surface area contributed by atoms with Gasteiger partial charge in [0.15, 0.2) is 0 Å². The molecule has 0 saturated heterocycles. The summed E-state index contributed by atoms with van der Waals surface area (Å²) in [7, 11) is 0. The maximum Gasteiger partial charge on any atom is 0.0958 e. The Labute approximate surface area is 54.8 Å². The summed E-state index contributed by atoms with van der Waals surface area (Å²) < 4.78 is 0. The fraction of sp³-hybridized carbons (Fsp3) is 1.00. The monoisotopic (exact) mass is 128 g/mol. The Morgan fingerprint density at radius 3 is 2.44 bits per heavy atom. The van der Waals surface area contributed by atoms with E-state index in [0.717, 1.165) is 12.3 Å². The molecule has 52 valence electrons. The number of fused-ring (bicyclic) bond motifs is 2. The Kier molecular flexibility index (Phi) is 1.24. The highest BCUT2D eigenvalue weighted by Gasteiger charge is 2.40. The highest BCUT2D eigenvalue weighted by atomic mass is 17.1. The minimum Gasteiger partial charge on any atom is -0.252 e. The van der Waals surface area contributed by atoms with Crippen LogP contribution in [0.15, 0.2) is 0 Å². The summed E-state index contributed by atoms with van der Waals surface area (Å²) in [4.78, 5) is 4.35. The fourth-order valence-electron chi connectivity index (χ4n) is 2.32. The minimum atomic E-state index is 0.184. The van der Waals surface area contributed by atoms with Crippen LogP contribution in [-0.4, -0.2) is 11.4 Å². The van der Waals surface area contributed by atoms with Crippen molar-refractivity contribution in [2.24, 2.45) is 11.8 Å². The Morgan fingerprint density at radius 1 is 1.22 bits per heavy atom. The van der Waals surface area contributed by atoms with Crippen LogP contribution >= 0.6 is 0 Å². The first kappa shape index (κ1) is 5.69. The van der Waals surface area contributed by atoms with Crippen LogP contribution in [0.2, 0.25) is 0 Å². The largest absolute Gasteiger partial charge is 0.252 e. The quantitative estimate of drug-likeness (QED) is 0.430. The topological polar surface area (TPSA) is 29.5 Å². The molecular formula is C7H12O2. The first-order valence-corrected chi connectivity index (χ1v) is 3.70. The van der Waals surface area contributed by atoms with E-state index in [4.69, 9.17) is 5.26 Å². The lowest BCUT2D eigenvalue weighted by molar-refractivity contribution is -0.288. The molecule has 0 unspecified atom stereocenters. The van der Waals surface area contributed by atoms with Gasteiger partial charge in [-0.2, -0.15) is 0 Å². The van der Waals surface area contributed by atoms with Gasteiger partial charge in [-0.15, -0.1) is 0 Å². The summed E-state index contributed by atoms with van der Waals surface area (Å²) >= 11 is 0. The van der Waals surface area contributed by atoms with Crippen LogP contribution in [0.1, 0.15) is 25.7 Å². The Bertz CT molecular complexity index is 113. The zero-order chi connectivity index (χ0) is 6.27. The molecule has 0 aromatic heterocycles. The van der Waals surface area contributed by atoms with E-state index in [1.54, 1.807) is 0 Å². The predicted octanol–water partition coefficient (Wildman–Crippen LogP) is 1.66. The Morgan fingerprint density at radius 2 is 2.11 bits per heavy atom. The van der Waals surface area contributed by atoms with Crippen LogP contribution in [0.5, 0.6) is 0 Å². The number of rotatable bonds is 1. The lowest BCUT2D eigenvalue weighted by Crippen LogP contribution is -2.18. The molecule has 0 spiro atoms. The fourth-order valence-corrected chi connectivity index (χ4v) is 2.32. The van der Waals surface area contributed by atoms with E-state index in [1.807, 2.05) is 0 Å². The van der Waals surface area contributed by atoms with Crippen LogP contribution in [0.3, 0.4) is 0 Å². The smallest absolute Gasteiger partial charge is 0.0958 e. The third kappa shape index (κ3) is 0.775. The number of hydrogen-bond acceptors (Lipinski definition) is 2. The Hall–Kier alpha value is -0.0800. The third-order valence-electron chi connectivity index (χ3n) is 2.81. The SMILES string of the molecule is OO[C@@H]1C[C@@H]2CC[C@H]1C2. The molecule has 2 rings (SSSR count). The molecule has 2 nitrogen and oxygen atoms in total. The maximum atomic E-state index is 8.39. The maximum absolute atomic E-state index is 8.39. The van der Waals surface area contributed by atoms with Crippen molar-refractivity contribution in [3.63, 3.8) is 0 Å². The summed E-state index contributed by atoms with van der Waals surface area (Å²) in [5, 5.41) is 8.39. The summed E-state index contributed by atoms with van der Waals surface area (Å²) in [6.07, 6.45) is 5.22. The average Bonchev–Trinajstić information content (AvgIpc) is 2.45. The van der Waals surface area contributed by atoms with E-state index in [2.05, 4.69) is 4.89 Å².